The van der Waals surface area contributed by atoms with Crippen molar-refractivity contribution in [3.05, 3.63) is 0 Å². The van der Waals surface area contributed by atoms with Crippen molar-refractivity contribution in [2.24, 2.45) is 0 Å². The number of nitrogens with zero attached hydrogens (tertiary/aromatic N) is 2. The molecule has 1 heterocycles. The van der Waals surface area contributed by atoms with E-state index in [9.17, 15) is 9.90 Å². The summed E-state index contributed by atoms with van der Waals surface area (Å²) >= 11 is 0. The van der Waals surface area contributed by atoms with Gasteiger partial charge in [0.25, 0.3) is 0 Å². The molecule has 2 unspecified atom stereocenters. The largest absolute Gasteiger partial charge is 0.394 e. The zero-order valence-electron chi connectivity index (χ0n) is 10.9. The van der Waals surface area contributed by atoms with Crippen molar-refractivity contribution in [3.63, 3.8) is 0 Å². The molecule has 17 heavy (non-hydrogen) atoms. The maximum atomic E-state index is 12.1. The summed E-state index contributed by atoms with van der Waals surface area (Å²) in [6.07, 6.45) is 6.20. The molecular formula is C13H24N2O2. The van der Waals surface area contributed by atoms with Gasteiger partial charge in [-0.2, -0.15) is 0 Å². The zero-order chi connectivity index (χ0) is 12.4. The zero-order valence-corrected chi connectivity index (χ0v) is 10.9. The van der Waals surface area contributed by atoms with Gasteiger partial charge in [0.1, 0.15) is 6.04 Å². The average Bonchev–Trinajstić information content (AvgIpc) is 2.36. The van der Waals surface area contributed by atoms with Gasteiger partial charge in [0.15, 0.2) is 0 Å². The fraction of sp³-hybridized carbons (Fsp3) is 0.923. The number of carbonyl (C=O) groups excluding carboxylic acids is 1. The first-order valence-electron chi connectivity index (χ1n) is 6.78. The standard InChI is InChI=1S/C13H24N2O2/c1-10-8-15(11-6-4-3-5-7-11)12(9-16)13(17)14(10)2/h10-12,16H,3-9H2,1-2H3. The predicted molar refractivity (Wildman–Crippen MR) is 66.7 cm³/mol. The molecule has 0 aromatic rings. The van der Waals surface area contributed by atoms with Gasteiger partial charge in [-0.25, -0.2) is 0 Å². The summed E-state index contributed by atoms with van der Waals surface area (Å²) in [4.78, 5) is 16.2. The van der Waals surface area contributed by atoms with Gasteiger partial charge in [0.2, 0.25) is 5.91 Å². The first-order chi connectivity index (χ1) is 8.15. The normalized spacial score (nSPS) is 33.1. The fourth-order valence-corrected chi connectivity index (χ4v) is 3.15. The van der Waals surface area contributed by atoms with E-state index in [2.05, 4.69) is 11.8 Å². The Balaban J connectivity index is 2.10. The van der Waals surface area contributed by atoms with E-state index in [0.29, 0.717) is 6.04 Å². The van der Waals surface area contributed by atoms with Crippen LogP contribution in [0.3, 0.4) is 0 Å². The van der Waals surface area contributed by atoms with Gasteiger partial charge in [0.05, 0.1) is 6.61 Å². The summed E-state index contributed by atoms with van der Waals surface area (Å²) in [5.74, 6) is 0.0804. The van der Waals surface area contributed by atoms with Crippen LogP contribution in [-0.2, 0) is 4.79 Å². The summed E-state index contributed by atoms with van der Waals surface area (Å²) in [7, 11) is 1.84. The average molecular weight is 240 g/mol. The summed E-state index contributed by atoms with van der Waals surface area (Å²) in [6.45, 7) is 2.94. The molecule has 4 nitrogen and oxygen atoms in total. The van der Waals surface area contributed by atoms with Crippen LogP contribution in [0.5, 0.6) is 0 Å². The lowest BCUT2D eigenvalue weighted by Gasteiger charge is -2.47. The molecule has 2 rings (SSSR count). The molecule has 1 amide bonds. The Bertz CT molecular complexity index is 277. The molecule has 2 fully saturated rings. The van der Waals surface area contributed by atoms with Crippen LogP contribution >= 0.6 is 0 Å². The molecule has 1 saturated heterocycles. The van der Waals surface area contributed by atoms with Gasteiger partial charge >= 0.3 is 0 Å². The molecule has 2 aliphatic rings. The first-order valence-corrected chi connectivity index (χ1v) is 6.78. The predicted octanol–water partition coefficient (Wildman–Crippen LogP) is 0.842. The highest BCUT2D eigenvalue weighted by Gasteiger charge is 2.39. The summed E-state index contributed by atoms with van der Waals surface area (Å²) in [5, 5.41) is 9.48. The van der Waals surface area contributed by atoms with Crippen molar-refractivity contribution in [1.29, 1.82) is 0 Å². The second kappa shape index (κ2) is 5.36. The van der Waals surface area contributed by atoms with Crippen molar-refractivity contribution in [2.75, 3.05) is 20.2 Å². The van der Waals surface area contributed by atoms with Crippen LogP contribution in [0.15, 0.2) is 0 Å². The Kier molecular flexibility index (Phi) is 4.05. The Labute approximate surface area is 104 Å². The maximum Gasteiger partial charge on any atom is 0.242 e. The van der Waals surface area contributed by atoms with E-state index in [1.54, 1.807) is 4.90 Å². The van der Waals surface area contributed by atoms with Crippen LogP contribution in [-0.4, -0.2) is 59.1 Å². The highest BCUT2D eigenvalue weighted by atomic mass is 16.3. The van der Waals surface area contributed by atoms with E-state index in [-0.39, 0.29) is 24.6 Å². The second-order valence-corrected chi connectivity index (χ2v) is 5.49. The third-order valence-corrected chi connectivity index (χ3v) is 4.39. The summed E-state index contributed by atoms with van der Waals surface area (Å²) in [5.41, 5.74) is 0. The van der Waals surface area contributed by atoms with E-state index < -0.39 is 0 Å². The second-order valence-electron chi connectivity index (χ2n) is 5.49. The molecule has 98 valence electrons. The lowest BCUT2D eigenvalue weighted by Crippen LogP contribution is -2.63. The Morgan fingerprint density at radius 1 is 1.29 bits per heavy atom. The van der Waals surface area contributed by atoms with E-state index in [1.165, 1.54) is 32.1 Å². The van der Waals surface area contributed by atoms with Crippen LogP contribution in [0.2, 0.25) is 0 Å². The molecule has 2 atom stereocenters. The third kappa shape index (κ3) is 2.47. The van der Waals surface area contributed by atoms with Crippen molar-refractivity contribution in [1.82, 2.24) is 9.80 Å². The minimum atomic E-state index is -0.306. The number of piperazine rings is 1. The molecule has 0 aromatic carbocycles. The van der Waals surface area contributed by atoms with E-state index >= 15 is 0 Å². The molecule has 1 aliphatic heterocycles. The topological polar surface area (TPSA) is 43.8 Å². The number of aliphatic hydroxyl groups excluding tert-OH is 1. The van der Waals surface area contributed by atoms with Crippen molar-refractivity contribution < 1.29 is 9.90 Å². The Morgan fingerprint density at radius 2 is 1.94 bits per heavy atom. The van der Waals surface area contributed by atoms with Gasteiger partial charge in [-0.1, -0.05) is 19.3 Å². The molecule has 1 aliphatic carbocycles. The highest BCUT2D eigenvalue weighted by Crippen LogP contribution is 2.27. The lowest BCUT2D eigenvalue weighted by molar-refractivity contribution is -0.148. The van der Waals surface area contributed by atoms with Crippen LogP contribution in [0, 0.1) is 0 Å². The number of aliphatic hydroxyl groups is 1. The van der Waals surface area contributed by atoms with Crippen LogP contribution in [0.4, 0.5) is 0 Å². The van der Waals surface area contributed by atoms with Crippen LogP contribution in [0.1, 0.15) is 39.0 Å². The van der Waals surface area contributed by atoms with Gasteiger partial charge in [0, 0.05) is 25.7 Å². The molecule has 0 bridgehead atoms. The maximum absolute atomic E-state index is 12.1. The fourth-order valence-electron chi connectivity index (χ4n) is 3.15. The van der Waals surface area contributed by atoms with Crippen LogP contribution < -0.4 is 0 Å². The molecule has 0 radical (unpaired) electrons. The summed E-state index contributed by atoms with van der Waals surface area (Å²) in [6, 6.07) is 0.451. The first kappa shape index (κ1) is 12.8. The SMILES string of the molecule is CC1CN(C2CCCCC2)C(CO)C(=O)N1C. The van der Waals surface area contributed by atoms with Gasteiger partial charge in [-0.15, -0.1) is 0 Å². The molecular weight excluding hydrogens is 216 g/mol. The number of amides is 1. The number of hydrogen-bond acceptors (Lipinski definition) is 3. The number of hydrogen-bond donors (Lipinski definition) is 1. The van der Waals surface area contributed by atoms with Gasteiger partial charge < -0.3 is 10.0 Å². The Morgan fingerprint density at radius 3 is 2.53 bits per heavy atom. The van der Waals surface area contributed by atoms with Crippen molar-refractivity contribution in [2.45, 2.75) is 57.2 Å². The van der Waals surface area contributed by atoms with Gasteiger partial charge in [-0.3, -0.25) is 9.69 Å². The van der Waals surface area contributed by atoms with Crippen LogP contribution in [0.25, 0.3) is 0 Å². The third-order valence-electron chi connectivity index (χ3n) is 4.39. The number of carbonyl (C=O) groups is 1. The highest BCUT2D eigenvalue weighted by molar-refractivity contribution is 5.83. The minimum absolute atomic E-state index is 0.0492. The molecule has 4 heteroatoms. The quantitative estimate of drug-likeness (QED) is 0.778. The lowest BCUT2D eigenvalue weighted by atomic mass is 9.91. The van der Waals surface area contributed by atoms with E-state index in [4.69, 9.17) is 0 Å². The van der Waals surface area contributed by atoms with Crippen molar-refractivity contribution in [3.8, 4) is 0 Å². The molecule has 0 aromatic heterocycles. The Hall–Kier alpha value is -0.610. The van der Waals surface area contributed by atoms with E-state index in [0.717, 1.165) is 6.54 Å². The monoisotopic (exact) mass is 240 g/mol. The number of likely N-dealkylation sites (N-methyl/N-ethyl adjacent to an activating group) is 1. The van der Waals surface area contributed by atoms with E-state index in [1.807, 2.05) is 7.05 Å². The summed E-state index contributed by atoms with van der Waals surface area (Å²) < 4.78 is 0. The molecule has 0 spiro atoms. The van der Waals surface area contributed by atoms with Gasteiger partial charge in [-0.05, 0) is 19.8 Å². The van der Waals surface area contributed by atoms with Crippen molar-refractivity contribution >= 4 is 5.91 Å². The minimum Gasteiger partial charge on any atom is -0.394 e. The smallest absolute Gasteiger partial charge is 0.242 e. The number of rotatable bonds is 2. The molecule has 1 N–H and O–H groups in total. The molecule has 1 saturated carbocycles.